The smallest absolute Gasteiger partial charge is 0.371 e. The van der Waals surface area contributed by atoms with E-state index >= 15 is 0 Å². The summed E-state index contributed by atoms with van der Waals surface area (Å²) in [6, 6.07) is 1.48. The summed E-state index contributed by atoms with van der Waals surface area (Å²) in [5.41, 5.74) is 0.750. The standard InChI is InChI=1S/C11H16O5/c1-7(5-14-3)15-6-9-4-10(11(12)13)16-8(9)2/h4,7H,5-6H2,1-3H3,(H,12,13). The van der Waals surface area contributed by atoms with Gasteiger partial charge in [0, 0.05) is 12.7 Å². The van der Waals surface area contributed by atoms with Gasteiger partial charge in [-0.3, -0.25) is 0 Å². The first-order chi connectivity index (χ1) is 7.54. The Hall–Kier alpha value is -1.33. The van der Waals surface area contributed by atoms with Crippen LogP contribution in [0.5, 0.6) is 0 Å². The quantitative estimate of drug-likeness (QED) is 0.804. The minimum Gasteiger partial charge on any atom is -0.475 e. The van der Waals surface area contributed by atoms with E-state index in [1.165, 1.54) is 6.07 Å². The van der Waals surface area contributed by atoms with Crippen LogP contribution in [0.1, 0.15) is 28.8 Å². The number of ether oxygens (including phenoxy) is 2. The fourth-order valence-electron chi connectivity index (χ4n) is 1.28. The van der Waals surface area contributed by atoms with E-state index in [0.717, 1.165) is 5.56 Å². The zero-order chi connectivity index (χ0) is 12.1. The molecule has 1 aromatic rings. The second-order valence-electron chi connectivity index (χ2n) is 3.57. The molecule has 0 fully saturated rings. The molecule has 0 spiro atoms. The number of aromatic carboxylic acids is 1. The van der Waals surface area contributed by atoms with Gasteiger partial charge in [0.15, 0.2) is 0 Å². The lowest BCUT2D eigenvalue weighted by Crippen LogP contribution is -2.14. The van der Waals surface area contributed by atoms with Crippen molar-refractivity contribution < 1.29 is 23.8 Å². The van der Waals surface area contributed by atoms with Gasteiger partial charge in [-0.15, -0.1) is 0 Å². The molecule has 0 saturated carbocycles. The topological polar surface area (TPSA) is 68.9 Å². The van der Waals surface area contributed by atoms with Gasteiger partial charge in [0.1, 0.15) is 5.76 Å². The number of hydrogen-bond donors (Lipinski definition) is 1. The maximum Gasteiger partial charge on any atom is 0.371 e. The van der Waals surface area contributed by atoms with Crippen molar-refractivity contribution in [1.29, 1.82) is 0 Å². The fourth-order valence-corrected chi connectivity index (χ4v) is 1.28. The summed E-state index contributed by atoms with van der Waals surface area (Å²) in [7, 11) is 1.60. The van der Waals surface area contributed by atoms with Crippen molar-refractivity contribution >= 4 is 5.97 Å². The van der Waals surface area contributed by atoms with Gasteiger partial charge in [-0.2, -0.15) is 0 Å². The van der Waals surface area contributed by atoms with Crippen LogP contribution in [0.4, 0.5) is 0 Å². The number of carboxylic acid groups (broad SMARTS) is 1. The highest BCUT2D eigenvalue weighted by Gasteiger charge is 2.13. The monoisotopic (exact) mass is 228 g/mol. The normalized spacial score (nSPS) is 12.7. The van der Waals surface area contributed by atoms with E-state index in [1.54, 1.807) is 14.0 Å². The van der Waals surface area contributed by atoms with Crippen molar-refractivity contribution in [3.63, 3.8) is 0 Å². The molecule has 0 bridgehead atoms. The molecule has 1 unspecified atom stereocenters. The van der Waals surface area contributed by atoms with Crippen LogP contribution in [0, 0.1) is 6.92 Å². The van der Waals surface area contributed by atoms with Gasteiger partial charge >= 0.3 is 5.97 Å². The Labute approximate surface area is 94.0 Å². The van der Waals surface area contributed by atoms with Crippen LogP contribution in [0.15, 0.2) is 10.5 Å². The molecule has 1 atom stereocenters. The van der Waals surface area contributed by atoms with Gasteiger partial charge in [-0.05, 0) is 19.9 Å². The second kappa shape index (κ2) is 5.67. The van der Waals surface area contributed by atoms with Crippen molar-refractivity contribution in [2.24, 2.45) is 0 Å². The highest BCUT2D eigenvalue weighted by Crippen LogP contribution is 2.16. The average molecular weight is 228 g/mol. The number of carbonyl (C=O) groups is 1. The van der Waals surface area contributed by atoms with Gasteiger partial charge < -0.3 is 19.0 Å². The van der Waals surface area contributed by atoms with Gasteiger partial charge in [-0.25, -0.2) is 4.79 Å². The Morgan fingerprint density at radius 1 is 1.62 bits per heavy atom. The van der Waals surface area contributed by atoms with Crippen LogP contribution in [0.25, 0.3) is 0 Å². The molecular formula is C11H16O5. The summed E-state index contributed by atoms with van der Waals surface area (Å²) < 4.78 is 15.4. The van der Waals surface area contributed by atoms with E-state index in [9.17, 15) is 4.79 Å². The van der Waals surface area contributed by atoms with Crippen molar-refractivity contribution in [3.05, 3.63) is 23.2 Å². The highest BCUT2D eigenvalue weighted by molar-refractivity contribution is 5.84. The van der Waals surface area contributed by atoms with E-state index in [0.29, 0.717) is 19.0 Å². The van der Waals surface area contributed by atoms with E-state index in [-0.39, 0.29) is 11.9 Å². The molecule has 0 aromatic carbocycles. The molecule has 90 valence electrons. The number of furan rings is 1. The van der Waals surface area contributed by atoms with E-state index in [4.69, 9.17) is 19.0 Å². The zero-order valence-corrected chi connectivity index (χ0v) is 9.65. The second-order valence-corrected chi connectivity index (χ2v) is 3.57. The molecule has 1 N–H and O–H groups in total. The predicted octanol–water partition coefficient (Wildman–Crippen LogP) is 1.84. The SMILES string of the molecule is COCC(C)OCc1cc(C(=O)O)oc1C. The number of hydrogen-bond acceptors (Lipinski definition) is 4. The molecule has 0 saturated heterocycles. The van der Waals surface area contributed by atoms with Crippen molar-refractivity contribution in [2.45, 2.75) is 26.6 Å². The van der Waals surface area contributed by atoms with Crippen LogP contribution in [0.2, 0.25) is 0 Å². The van der Waals surface area contributed by atoms with E-state index < -0.39 is 5.97 Å². The van der Waals surface area contributed by atoms with Crippen LogP contribution < -0.4 is 0 Å². The number of methoxy groups -OCH3 is 1. The van der Waals surface area contributed by atoms with Crippen molar-refractivity contribution in [1.82, 2.24) is 0 Å². The first kappa shape index (κ1) is 12.7. The summed E-state index contributed by atoms with van der Waals surface area (Å²) in [5.74, 6) is -0.559. The first-order valence-corrected chi connectivity index (χ1v) is 4.97. The highest BCUT2D eigenvalue weighted by atomic mass is 16.5. The molecule has 5 nitrogen and oxygen atoms in total. The Morgan fingerprint density at radius 2 is 2.31 bits per heavy atom. The molecule has 0 aliphatic rings. The third kappa shape index (κ3) is 3.36. The van der Waals surface area contributed by atoms with Gasteiger partial charge in [0.25, 0.3) is 0 Å². The molecule has 1 rings (SSSR count). The fraction of sp³-hybridized carbons (Fsp3) is 0.545. The largest absolute Gasteiger partial charge is 0.475 e. The minimum absolute atomic E-state index is 0.0346. The summed E-state index contributed by atoms with van der Waals surface area (Å²) in [6.45, 7) is 4.43. The lowest BCUT2D eigenvalue weighted by molar-refractivity contribution is -0.000505. The molecule has 0 aliphatic carbocycles. The average Bonchev–Trinajstić information content (AvgIpc) is 2.58. The Balaban J connectivity index is 2.57. The summed E-state index contributed by atoms with van der Waals surface area (Å²) in [5, 5.41) is 8.73. The van der Waals surface area contributed by atoms with Crippen LogP contribution >= 0.6 is 0 Å². The summed E-state index contributed by atoms with van der Waals surface area (Å²) in [6.07, 6.45) is -0.0346. The molecule has 0 aliphatic heterocycles. The van der Waals surface area contributed by atoms with Crippen LogP contribution in [-0.4, -0.2) is 30.9 Å². The molecule has 16 heavy (non-hydrogen) atoms. The third-order valence-electron chi connectivity index (χ3n) is 2.16. The molecular weight excluding hydrogens is 212 g/mol. The maximum atomic E-state index is 10.7. The first-order valence-electron chi connectivity index (χ1n) is 4.97. The molecule has 1 heterocycles. The lowest BCUT2D eigenvalue weighted by Gasteiger charge is -2.10. The van der Waals surface area contributed by atoms with Crippen molar-refractivity contribution in [3.8, 4) is 0 Å². The third-order valence-corrected chi connectivity index (χ3v) is 2.16. The van der Waals surface area contributed by atoms with E-state index in [2.05, 4.69) is 0 Å². The summed E-state index contributed by atoms with van der Waals surface area (Å²) >= 11 is 0. The Morgan fingerprint density at radius 3 is 2.81 bits per heavy atom. The lowest BCUT2D eigenvalue weighted by atomic mass is 10.2. The predicted molar refractivity (Wildman–Crippen MR) is 56.5 cm³/mol. The van der Waals surface area contributed by atoms with E-state index in [1.807, 2.05) is 6.92 Å². The Bertz CT molecular complexity index is 355. The minimum atomic E-state index is -1.07. The summed E-state index contributed by atoms with van der Waals surface area (Å²) in [4.78, 5) is 10.7. The molecule has 5 heteroatoms. The maximum absolute atomic E-state index is 10.7. The number of carboxylic acids is 1. The molecule has 0 amide bonds. The molecule has 1 aromatic heterocycles. The van der Waals surface area contributed by atoms with Crippen LogP contribution in [-0.2, 0) is 16.1 Å². The molecule has 0 radical (unpaired) electrons. The van der Waals surface area contributed by atoms with Crippen LogP contribution in [0.3, 0.4) is 0 Å². The number of rotatable bonds is 6. The van der Waals surface area contributed by atoms with Gasteiger partial charge in [0.2, 0.25) is 5.76 Å². The zero-order valence-electron chi connectivity index (χ0n) is 9.65. The number of aryl methyl sites for hydroxylation is 1. The van der Waals surface area contributed by atoms with Crippen molar-refractivity contribution in [2.75, 3.05) is 13.7 Å². The van der Waals surface area contributed by atoms with Gasteiger partial charge in [0.05, 0.1) is 19.3 Å². The Kier molecular flexibility index (Phi) is 4.52. The van der Waals surface area contributed by atoms with Gasteiger partial charge in [-0.1, -0.05) is 0 Å².